The summed E-state index contributed by atoms with van der Waals surface area (Å²) in [5.74, 6) is 2.90. The van der Waals surface area contributed by atoms with E-state index in [9.17, 15) is 9.50 Å². The van der Waals surface area contributed by atoms with Gasteiger partial charge in [-0.1, -0.05) is 30.3 Å². The largest absolute Gasteiger partial charge is 0.493 e. The Kier molecular flexibility index (Phi) is 6.61. The summed E-state index contributed by atoms with van der Waals surface area (Å²) < 4.78 is 19.0. The molecule has 0 bridgehead atoms. The normalized spacial score (nSPS) is 11.7. The zero-order chi connectivity index (χ0) is 16.5. The molecule has 2 aromatic rings. The summed E-state index contributed by atoms with van der Waals surface area (Å²) in [6, 6.07) is 13.9. The summed E-state index contributed by atoms with van der Waals surface area (Å²) in [7, 11) is 0. The Morgan fingerprint density at radius 2 is 1.91 bits per heavy atom. The SMILES string of the molecule is C#CCCOc1ccc(CNCC(O)c2ccccc2F)cc1. The molecule has 2 aromatic carbocycles. The van der Waals surface area contributed by atoms with Gasteiger partial charge in [0.2, 0.25) is 0 Å². The molecule has 0 saturated carbocycles. The van der Waals surface area contributed by atoms with Crippen molar-refractivity contribution < 1.29 is 14.2 Å². The molecule has 0 spiro atoms. The standard InChI is InChI=1S/C19H20FNO2/c1-2-3-12-23-16-10-8-15(9-11-16)13-21-14-19(22)17-6-4-5-7-18(17)20/h1,4-11,19,21-22H,3,12-14H2. The van der Waals surface area contributed by atoms with E-state index in [0.29, 0.717) is 25.1 Å². The summed E-state index contributed by atoms with van der Waals surface area (Å²) >= 11 is 0. The number of terminal acetylenes is 1. The quantitative estimate of drug-likeness (QED) is 0.581. The van der Waals surface area contributed by atoms with Crippen LogP contribution in [0.3, 0.4) is 0 Å². The molecular formula is C19H20FNO2. The lowest BCUT2D eigenvalue weighted by Gasteiger charge is -2.13. The van der Waals surface area contributed by atoms with Crippen molar-refractivity contribution in [2.75, 3.05) is 13.2 Å². The second-order valence-electron chi connectivity index (χ2n) is 5.11. The maximum atomic E-state index is 13.5. The van der Waals surface area contributed by atoms with Gasteiger partial charge in [0.1, 0.15) is 11.6 Å². The van der Waals surface area contributed by atoms with Gasteiger partial charge in [-0.3, -0.25) is 0 Å². The minimum absolute atomic E-state index is 0.279. The molecule has 120 valence electrons. The Morgan fingerprint density at radius 3 is 2.61 bits per heavy atom. The number of hydrogen-bond donors (Lipinski definition) is 2. The number of aliphatic hydroxyl groups is 1. The van der Waals surface area contributed by atoms with Crippen molar-refractivity contribution in [3.63, 3.8) is 0 Å². The molecular weight excluding hydrogens is 293 g/mol. The smallest absolute Gasteiger partial charge is 0.129 e. The third kappa shape index (κ3) is 5.41. The Hall–Kier alpha value is -2.35. The first-order valence-corrected chi connectivity index (χ1v) is 7.49. The van der Waals surface area contributed by atoms with Gasteiger partial charge in [0.25, 0.3) is 0 Å². The zero-order valence-corrected chi connectivity index (χ0v) is 12.8. The van der Waals surface area contributed by atoms with Gasteiger partial charge >= 0.3 is 0 Å². The van der Waals surface area contributed by atoms with Crippen LogP contribution in [0, 0.1) is 18.2 Å². The third-order valence-electron chi connectivity index (χ3n) is 3.37. The number of benzene rings is 2. The van der Waals surface area contributed by atoms with E-state index in [4.69, 9.17) is 11.2 Å². The molecule has 3 nitrogen and oxygen atoms in total. The summed E-state index contributed by atoms with van der Waals surface area (Å²) in [5, 5.41) is 13.1. The first-order chi connectivity index (χ1) is 11.2. The first kappa shape index (κ1) is 17.0. The second-order valence-corrected chi connectivity index (χ2v) is 5.11. The topological polar surface area (TPSA) is 41.5 Å². The predicted octanol–water partition coefficient (Wildman–Crippen LogP) is 3.05. The van der Waals surface area contributed by atoms with Gasteiger partial charge in [0.05, 0.1) is 12.7 Å². The summed E-state index contributed by atoms with van der Waals surface area (Å²) in [4.78, 5) is 0. The maximum absolute atomic E-state index is 13.5. The summed E-state index contributed by atoms with van der Waals surface area (Å²) in [6.07, 6.45) is 4.87. The molecule has 1 unspecified atom stereocenters. The highest BCUT2D eigenvalue weighted by atomic mass is 19.1. The van der Waals surface area contributed by atoms with Crippen LogP contribution < -0.4 is 10.1 Å². The molecule has 4 heteroatoms. The van der Waals surface area contributed by atoms with Crippen molar-refractivity contribution in [3.8, 4) is 18.1 Å². The molecule has 0 aliphatic heterocycles. The summed E-state index contributed by atoms with van der Waals surface area (Å²) in [6.45, 7) is 1.36. The molecule has 0 radical (unpaired) electrons. The van der Waals surface area contributed by atoms with Crippen LogP contribution in [0.25, 0.3) is 0 Å². The monoisotopic (exact) mass is 313 g/mol. The van der Waals surface area contributed by atoms with Gasteiger partial charge in [-0.2, -0.15) is 0 Å². The first-order valence-electron chi connectivity index (χ1n) is 7.49. The van der Waals surface area contributed by atoms with E-state index in [-0.39, 0.29) is 6.54 Å². The lowest BCUT2D eigenvalue weighted by atomic mass is 10.1. The van der Waals surface area contributed by atoms with Crippen molar-refractivity contribution in [2.24, 2.45) is 0 Å². The van der Waals surface area contributed by atoms with Gasteiger partial charge in [0.15, 0.2) is 0 Å². The van der Waals surface area contributed by atoms with E-state index in [1.807, 2.05) is 24.3 Å². The Balaban J connectivity index is 1.78. The highest BCUT2D eigenvalue weighted by molar-refractivity contribution is 5.27. The van der Waals surface area contributed by atoms with Crippen LogP contribution in [-0.4, -0.2) is 18.3 Å². The molecule has 0 aliphatic rings. The second kappa shape index (κ2) is 8.94. The van der Waals surface area contributed by atoms with E-state index < -0.39 is 11.9 Å². The minimum Gasteiger partial charge on any atom is -0.493 e. The lowest BCUT2D eigenvalue weighted by molar-refractivity contribution is 0.169. The van der Waals surface area contributed by atoms with E-state index in [2.05, 4.69) is 11.2 Å². The molecule has 1 atom stereocenters. The molecule has 2 N–H and O–H groups in total. The third-order valence-corrected chi connectivity index (χ3v) is 3.37. The Labute approximate surface area is 136 Å². The number of nitrogens with one attached hydrogen (secondary N) is 1. The van der Waals surface area contributed by atoms with E-state index in [0.717, 1.165) is 11.3 Å². The molecule has 2 rings (SSSR count). The van der Waals surface area contributed by atoms with Gasteiger partial charge in [0, 0.05) is 25.1 Å². The molecule has 0 aliphatic carbocycles. The van der Waals surface area contributed by atoms with Gasteiger partial charge < -0.3 is 15.2 Å². The van der Waals surface area contributed by atoms with Crippen molar-refractivity contribution in [3.05, 3.63) is 65.5 Å². The van der Waals surface area contributed by atoms with E-state index in [1.165, 1.54) is 6.07 Å². The van der Waals surface area contributed by atoms with Crippen LogP contribution in [0.15, 0.2) is 48.5 Å². The van der Waals surface area contributed by atoms with Crippen LogP contribution in [0.4, 0.5) is 4.39 Å². The van der Waals surface area contributed by atoms with Crippen molar-refractivity contribution in [2.45, 2.75) is 19.1 Å². The van der Waals surface area contributed by atoms with E-state index >= 15 is 0 Å². The van der Waals surface area contributed by atoms with Gasteiger partial charge in [-0.15, -0.1) is 12.3 Å². The van der Waals surface area contributed by atoms with Crippen LogP contribution >= 0.6 is 0 Å². The Morgan fingerprint density at radius 1 is 1.17 bits per heavy atom. The van der Waals surface area contributed by atoms with Crippen LogP contribution in [0.2, 0.25) is 0 Å². The fourth-order valence-corrected chi connectivity index (χ4v) is 2.14. The van der Waals surface area contributed by atoms with Crippen molar-refractivity contribution in [1.82, 2.24) is 5.32 Å². The molecule has 0 heterocycles. The summed E-state index contributed by atoms with van der Waals surface area (Å²) in [5.41, 5.74) is 1.35. The number of aliphatic hydroxyl groups excluding tert-OH is 1. The molecule has 0 fully saturated rings. The van der Waals surface area contributed by atoms with Crippen LogP contribution in [0.1, 0.15) is 23.7 Å². The van der Waals surface area contributed by atoms with E-state index in [1.54, 1.807) is 18.2 Å². The number of halogens is 1. The van der Waals surface area contributed by atoms with Crippen molar-refractivity contribution >= 4 is 0 Å². The fourth-order valence-electron chi connectivity index (χ4n) is 2.14. The zero-order valence-electron chi connectivity index (χ0n) is 12.8. The average Bonchev–Trinajstić information content (AvgIpc) is 2.57. The Bertz CT molecular complexity index is 649. The minimum atomic E-state index is -0.873. The molecule has 0 amide bonds. The molecule has 0 aromatic heterocycles. The maximum Gasteiger partial charge on any atom is 0.129 e. The molecule has 0 saturated heterocycles. The lowest BCUT2D eigenvalue weighted by Crippen LogP contribution is -2.21. The van der Waals surface area contributed by atoms with Crippen molar-refractivity contribution in [1.29, 1.82) is 0 Å². The fraction of sp³-hybridized carbons (Fsp3) is 0.263. The highest BCUT2D eigenvalue weighted by Gasteiger charge is 2.11. The van der Waals surface area contributed by atoms with Gasteiger partial charge in [-0.05, 0) is 23.8 Å². The number of hydrogen-bond acceptors (Lipinski definition) is 3. The van der Waals surface area contributed by atoms with Gasteiger partial charge in [-0.25, -0.2) is 4.39 Å². The number of ether oxygens (including phenoxy) is 1. The number of rotatable bonds is 8. The van der Waals surface area contributed by atoms with Crippen LogP contribution in [0.5, 0.6) is 5.75 Å². The average molecular weight is 313 g/mol. The molecule has 23 heavy (non-hydrogen) atoms. The van der Waals surface area contributed by atoms with Crippen LogP contribution in [-0.2, 0) is 6.54 Å². The predicted molar refractivity (Wildman–Crippen MR) is 88.5 cm³/mol. The highest BCUT2D eigenvalue weighted by Crippen LogP contribution is 2.16.